The highest BCUT2D eigenvalue weighted by atomic mass is 32.1. The van der Waals surface area contributed by atoms with E-state index in [9.17, 15) is 0 Å². The second-order valence-electron chi connectivity index (χ2n) is 5.75. The lowest BCUT2D eigenvalue weighted by molar-refractivity contribution is 0.151. The number of hydrogen-bond donors (Lipinski definition) is 1. The highest BCUT2D eigenvalue weighted by molar-refractivity contribution is 7.11. The molecule has 0 amide bonds. The van der Waals surface area contributed by atoms with Crippen molar-refractivity contribution in [2.45, 2.75) is 46.1 Å². The SMILES string of the molecule is CCOCCc1nc2c(s1)C(NC)CC(C)(C)C2. The molecule has 0 aliphatic heterocycles. The van der Waals surface area contributed by atoms with E-state index < -0.39 is 0 Å². The van der Waals surface area contributed by atoms with Gasteiger partial charge in [-0.15, -0.1) is 11.3 Å². The lowest BCUT2D eigenvalue weighted by Gasteiger charge is -2.34. The summed E-state index contributed by atoms with van der Waals surface area (Å²) in [7, 11) is 2.05. The molecular formula is C14H24N2OS. The van der Waals surface area contributed by atoms with Gasteiger partial charge in [0.15, 0.2) is 0 Å². The van der Waals surface area contributed by atoms with Crippen molar-refractivity contribution < 1.29 is 4.74 Å². The summed E-state index contributed by atoms with van der Waals surface area (Å²) >= 11 is 1.87. The standard InChI is InChI=1S/C14H24N2OS/c1-5-17-7-6-12-16-11-9-14(2,3)8-10(15-4)13(11)18-12/h10,15H,5-9H2,1-4H3. The smallest absolute Gasteiger partial charge is 0.0954 e. The number of aromatic nitrogens is 1. The maximum absolute atomic E-state index is 5.41. The summed E-state index contributed by atoms with van der Waals surface area (Å²) in [4.78, 5) is 6.26. The van der Waals surface area contributed by atoms with Crippen LogP contribution in [0.5, 0.6) is 0 Å². The Hall–Kier alpha value is -0.450. The third kappa shape index (κ3) is 3.11. The van der Waals surface area contributed by atoms with Crippen molar-refractivity contribution in [2.75, 3.05) is 20.3 Å². The van der Waals surface area contributed by atoms with Crippen molar-refractivity contribution in [1.29, 1.82) is 0 Å². The number of nitrogens with zero attached hydrogens (tertiary/aromatic N) is 1. The fourth-order valence-electron chi connectivity index (χ4n) is 2.63. The number of nitrogens with one attached hydrogen (secondary N) is 1. The zero-order chi connectivity index (χ0) is 13.2. The van der Waals surface area contributed by atoms with Crippen molar-refractivity contribution in [3.05, 3.63) is 15.6 Å². The van der Waals surface area contributed by atoms with E-state index in [0.717, 1.165) is 26.1 Å². The molecule has 1 aromatic rings. The molecule has 1 aliphatic rings. The van der Waals surface area contributed by atoms with Gasteiger partial charge in [0, 0.05) is 23.9 Å². The van der Waals surface area contributed by atoms with E-state index in [4.69, 9.17) is 9.72 Å². The molecule has 1 heterocycles. The van der Waals surface area contributed by atoms with Gasteiger partial charge in [-0.1, -0.05) is 13.8 Å². The van der Waals surface area contributed by atoms with Gasteiger partial charge in [-0.2, -0.15) is 0 Å². The zero-order valence-corrected chi connectivity index (χ0v) is 12.7. The topological polar surface area (TPSA) is 34.1 Å². The van der Waals surface area contributed by atoms with E-state index in [0.29, 0.717) is 11.5 Å². The first-order chi connectivity index (χ1) is 8.55. The molecular weight excluding hydrogens is 244 g/mol. The summed E-state index contributed by atoms with van der Waals surface area (Å²) in [5.41, 5.74) is 1.66. The first-order valence-corrected chi connectivity index (χ1v) is 7.61. The normalized spacial score (nSPS) is 21.9. The minimum atomic E-state index is 0.353. The van der Waals surface area contributed by atoms with Crippen molar-refractivity contribution in [1.82, 2.24) is 10.3 Å². The molecule has 0 bridgehead atoms. The molecule has 1 aromatic heterocycles. The van der Waals surface area contributed by atoms with Crippen LogP contribution < -0.4 is 5.32 Å². The average Bonchev–Trinajstić information content (AvgIpc) is 2.69. The zero-order valence-electron chi connectivity index (χ0n) is 11.9. The predicted octanol–water partition coefficient (Wildman–Crippen LogP) is 2.96. The van der Waals surface area contributed by atoms with Gasteiger partial charge in [-0.05, 0) is 32.2 Å². The molecule has 1 aliphatic carbocycles. The minimum Gasteiger partial charge on any atom is -0.381 e. The van der Waals surface area contributed by atoms with Gasteiger partial charge in [-0.3, -0.25) is 0 Å². The fraction of sp³-hybridized carbons (Fsp3) is 0.786. The first-order valence-electron chi connectivity index (χ1n) is 6.79. The molecule has 0 spiro atoms. The molecule has 1 atom stereocenters. The summed E-state index contributed by atoms with van der Waals surface area (Å²) < 4.78 is 5.41. The molecule has 0 saturated carbocycles. The predicted molar refractivity (Wildman–Crippen MR) is 76.2 cm³/mol. The molecule has 1 unspecified atom stereocenters. The highest BCUT2D eigenvalue weighted by Gasteiger charge is 2.34. The van der Waals surface area contributed by atoms with Gasteiger partial charge in [0.1, 0.15) is 0 Å². The Balaban J connectivity index is 2.13. The van der Waals surface area contributed by atoms with Crippen molar-refractivity contribution in [3.8, 4) is 0 Å². The Morgan fingerprint density at radius 3 is 2.94 bits per heavy atom. The number of rotatable bonds is 5. The van der Waals surface area contributed by atoms with Crippen LogP contribution in [-0.4, -0.2) is 25.2 Å². The van der Waals surface area contributed by atoms with Gasteiger partial charge < -0.3 is 10.1 Å². The lowest BCUT2D eigenvalue weighted by atomic mass is 9.76. The third-order valence-corrected chi connectivity index (χ3v) is 4.77. The number of hydrogen-bond acceptors (Lipinski definition) is 4. The Bertz CT molecular complexity index is 400. The average molecular weight is 268 g/mol. The van der Waals surface area contributed by atoms with Crippen LogP contribution in [0.3, 0.4) is 0 Å². The quantitative estimate of drug-likeness (QED) is 0.834. The Morgan fingerprint density at radius 2 is 2.28 bits per heavy atom. The Labute approximate surface area is 114 Å². The summed E-state index contributed by atoms with van der Waals surface area (Å²) in [6.07, 6.45) is 3.25. The molecule has 0 fully saturated rings. The van der Waals surface area contributed by atoms with E-state index in [2.05, 4.69) is 26.2 Å². The van der Waals surface area contributed by atoms with E-state index in [1.54, 1.807) is 0 Å². The van der Waals surface area contributed by atoms with Crippen LogP contribution in [0.2, 0.25) is 0 Å². The molecule has 0 radical (unpaired) electrons. The molecule has 0 aromatic carbocycles. The lowest BCUT2D eigenvalue weighted by Crippen LogP contribution is -2.30. The van der Waals surface area contributed by atoms with Crippen molar-refractivity contribution >= 4 is 11.3 Å². The maximum atomic E-state index is 5.41. The molecule has 1 N–H and O–H groups in total. The molecule has 18 heavy (non-hydrogen) atoms. The first kappa shape index (κ1) is 14.0. The summed E-state index contributed by atoms with van der Waals surface area (Å²) in [6.45, 7) is 8.28. The summed E-state index contributed by atoms with van der Waals surface area (Å²) in [6, 6.07) is 0.474. The molecule has 102 valence electrons. The van der Waals surface area contributed by atoms with Crippen molar-refractivity contribution in [2.24, 2.45) is 5.41 Å². The van der Waals surface area contributed by atoms with Crippen LogP contribution in [-0.2, 0) is 17.6 Å². The van der Waals surface area contributed by atoms with Crippen LogP contribution in [0.25, 0.3) is 0 Å². The number of fused-ring (bicyclic) bond motifs is 1. The van der Waals surface area contributed by atoms with Crippen LogP contribution in [0.1, 0.15) is 48.8 Å². The minimum absolute atomic E-state index is 0.353. The van der Waals surface area contributed by atoms with Gasteiger partial charge in [0.2, 0.25) is 0 Å². The van der Waals surface area contributed by atoms with Crippen molar-refractivity contribution in [3.63, 3.8) is 0 Å². The van der Waals surface area contributed by atoms with Gasteiger partial charge >= 0.3 is 0 Å². The van der Waals surface area contributed by atoms with Gasteiger partial charge in [-0.25, -0.2) is 4.98 Å². The Kier molecular flexibility index (Phi) is 4.41. The largest absolute Gasteiger partial charge is 0.381 e. The second-order valence-corrected chi connectivity index (χ2v) is 6.87. The molecule has 0 saturated heterocycles. The van der Waals surface area contributed by atoms with Gasteiger partial charge in [0.05, 0.1) is 17.3 Å². The van der Waals surface area contributed by atoms with Crippen LogP contribution in [0, 0.1) is 5.41 Å². The van der Waals surface area contributed by atoms with E-state index in [-0.39, 0.29) is 0 Å². The fourth-order valence-corrected chi connectivity index (χ4v) is 3.80. The van der Waals surface area contributed by atoms with Crippen LogP contribution >= 0.6 is 11.3 Å². The second kappa shape index (κ2) is 5.68. The summed E-state index contributed by atoms with van der Waals surface area (Å²) in [5, 5.41) is 4.66. The molecule has 3 nitrogen and oxygen atoms in total. The molecule has 4 heteroatoms. The monoisotopic (exact) mass is 268 g/mol. The summed E-state index contributed by atoms with van der Waals surface area (Å²) in [5.74, 6) is 0. The Morgan fingerprint density at radius 1 is 1.50 bits per heavy atom. The maximum Gasteiger partial charge on any atom is 0.0954 e. The van der Waals surface area contributed by atoms with Crippen LogP contribution in [0.15, 0.2) is 0 Å². The van der Waals surface area contributed by atoms with Gasteiger partial charge in [0.25, 0.3) is 0 Å². The molecule has 2 rings (SSSR count). The third-order valence-electron chi connectivity index (χ3n) is 3.50. The van der Waals surface area contributed by atoms with Crippen LogP contribution in [0.4, 0.5) is 0 Å². The highest BCUT2D eigenvalue weighted by Crippen LogP contribution is 2.42. The van der Waals surface area contributed by atoms with E-state index in [1.807, 2.05) is 18.3 Å². The number of thiazole rings is 1. The number of ether oxygens (including phenoxy) is 1. The van der Waals surface area contributed by atoms with E-state index >= 15 is 0 Å². The van der Waals surface area contributed by atoms with E-state index in [1.165, 1.54) is 22.0 Å².